The van der Waals surface area contributed by atoms with Crippen LogP contribution in [0.1, 0.15) is 0 Å². The van der Waals surface area contributed by atoms with Crippen LogP contribution in [0, 0.1) is 0 Å². The maximum Gasteiger partial charge on any atom is 0.422 e. The Balaban J connectivity index is 2.22. The van der Waals surface area contributed by atoms with Gasteiger partial charge in [-0.05, 0) is 23.7 Å². The summed E-state index contributed by atoms with van der Waals surface area (Å²) in [6, 6.07) is 8.52. The number of nitrogens with zero attached hydrogens (tertiary/aromatic N) is 4. The second kappa shape index (κ2) is 6.13. The summed E-state index contributed by atoms with van der Waals surface area (Å²) in [5, 5.41) is -0.250. The number of hydrogen-bond acceptors (Lipinski definition) is 5. The number of alkyl halides is 3. The summed E-state index contributed by atoms with van der Waals surface area (Å²) in [4.78, 5) is 12.7. The van der Waals surface area contributed by atoms with Crippen molar-refractivity contribution in [2.45, 2.75) is 6.18 Å². The van der Waals surface area contributed by atoms with Crippen molar-refractivity contribution < 1.29 is 17.9 Å². The number of hydrogen-bond donors (Lipinski definition) is 0. The number of para-hydroxylation sites is 1. The van der Waals surface area contributed by atoms with E-state index in [4.69, 9.17) is 11.6 Å². The molecule has 0 aliphatic carbocycles. The third-order valence-electron chi connectivity index (χ3n) is 2.38. The lowest BCUT2D eigenvalue weighted by molar-refractivity contribution is -0.154. The SMILES string of the molecule is CN(c1ccccc1)c1nc(Cl)nc(OCC(F)(F)F)n1. The molecule has 0 amide bonds. The highest BCUT2D eigenvalue weighted by Gasteiger charge is 2.29. The van der Waals surface area contributed by atoms with Crippen molar-refractivity contribution in [3.05, 3.63) is 35.6 Å². The molecule has 0 fully saturated rings. The van der Waals surface area contributed by atoms with Crippen molar-refractivity contribution >= 4 is 23.2 Å². The molecule has 0 bridgehead atoms. The van der Waals surface area contributed by atoms with E-state index in [1.807, 2.05) is 6.07 Å². The predicted molar refractivity (Wildman–Crippen MR) is 70.9 cm³/mol. The van der Waals surface area contributed by atoms with Gasteiger partial charge in [-0.2, -0.15) is 28.1 Å². The van der Waals surface area contributed by atoms with Crippen LogP contribution in [0.2, 0.25) is 5.28 Å². The summed E-state index contributed by atoms with van der Waals surface area (Å²) in [5.74, 6) is 0.0818. The summed E-state index contributed by atoms with van der Waals surface area (Å²) < 4.78 is 40.9. The Hall–Kier alpha value is -2.09. The lowest BCUT2D eigenvalue weighted by Gasteiger charge is -2.17. The number of anilines is 2. The third kappa shape index (κ3) is 4.45. The van der Waals surface area contributed by atoms with Gasteiger partial charge in [-0.3, -0.25) is 0 Å². The average molecular weight is 319 g/mol. The van der Waals surface area contributed by atoms with Crippen molar-refractivity contribution in [1.29, 1.82) is 0 Å². The zero-order chi connectivity index (χ0) is 15.5. The van der Waals surface area contributed by atoms with E-state index in [0.717, 1.165) is 5.69 Å². The molecule has 0 spiro atoms. The number of aromatic nitrogens is 3. The summed E-state index contributed by atoms with van der Waals surface area (Å²) in [7, 11) is 1.65. The zero-order valence-corrected chi connectivity index (χ0v) is 11.6. The molecule has 0 atom stereocenters. The van der Waals surface area contributed by atoms with Crippen LogP contribution in [0.15, 0.2) is 30.3 Å². The molecule has 21 heavy (non-hydrogen) atoms. The molecular formula is C12H10ClF3N4O. The highest BCUT2D eigenvalue weighted by molar-refractivity contribution is 6.28. The van der Waals surface area contributed by atoms with Crippen LogP contribution >= 0.6 is 11.6 Å². The van der Waals surface area contributed by atoms with Gasteiger partial charge in [-0.25, -0.2) is 0 Å². The summed E-state index contributed by atoms with van der Waals surface area (Å²) >= 11 is 5.68. The van der Waals surface area contributed by atoms with Gasteiger partial charge in [-0.15, -0.1) is 0 Å². The molecule has 1 aromatic carbocycles. The molecule has 1 heterocycles. The lowest BCUT2D eigenvalue weighted by atomic mass is 10.3. The van der Waals surface area contributed by atoms with Gasteiger partial charge in [0.05, 0.1) is 0 Å². The van der Waals surface area contributed by atoms with Crippen LogP contribution in [-0.4, -0.2) is 34.8 Å². The van der Waals surface area contributed by atoms with Gasteiger partial charge in [0.25, 0.3) is 0 Å². The monoisotopic (exact) mass is 318 g/mol. The van der Waals surface area contributed by atoms with E-state index in [0.29, 0.717) is 0 Å². The van der Waals surface area contributed by atoms with E-state index >= 15 is 0 Å². The second-order valence-corrected chi connectivity index (χ2v) is 4.32. The molecule has 9 heteroatoms. The number of ether oxygens (including phenoxy) is 1. The fraction of sp³-hybridized carbons (Fsp3) is 0.250. The molecule has 0 aliphatic heterocycles. The van der Waals surface area contributed by atoms with E-state index in [1.54, 1.807) is 36.2 Å². The van der Waals surface area contributed by atoms with Gasteiger partial charge < -0.3 is 9.64 Å². The summed E-state index contributed by atoms with van der Waals surface area (Å²) in [5.41, 5.74) is 0.738. The molecule has 1 aromatic heterocycles. The third-order valence-corrected chi connectivity index (χ3v) is 2.55. The Labute approximate surface area is 123 Å². The van der Waals surface area contributed by atoms with Gasteiger partial charge in [0, 0.05) is 12.7 Å². The Morgan fingerprint density at radius 3 is 2.43 bits per heavy atom. The predicted octanol–water partition coefficient (Wildman–Crippen LogP) is 3.23. The Morgan fingerprint density at radius 1 is 1.14 bits per heavy atom. The van der Waals surface area contributed by atoms with Crippen molar-refractivity contribution in [3.8, 4) is 6.01 Å². The van der Waals surface area contributed by atoms with Crippen LogP contribution < -0.4 is 9.64 Å². The smallest absolute Gasteiger partial charge is 0.422 e. The van der Waals surface area contributed by atoms with Crippen LogP contribution in [0.4, 0.5) is 24.8 Å². The van der Waals surface area contributed by atoms with Gasteiger partial charge in [0.2, 0.25) is 11.2 Å². The molecule has 2 aromatic rings. The van der Waals surface area contributed by atoms with E-state index < -0.39 is 18.8 Å². The normalized spacial score (nSPS) is 11.3. The maximum absolute atomic E-state index is 12.1. The highest BCUT2D eigenvalue weighted by atomic mass is 35.5. The number of benzene rings is 1. The standard InChI is InChI=1S/C12H10ClF3N4O/c1-20(8-5-3-2-4-6-8)10-17-9(13)18-11(19-10)21-7-12(14,15)16/h2-6H,7H2,1H3. The Morgan fingerprint density at radius 2 is 1.81 bits per heavy atom. The Kier molecular flexibility index (Phi) is 4.46. The van der Waals surface area contributed by atoms with Gasteiger partial charge in [0.15, 0.2) is 6.61 Å². The fourth-order valence-corrected chi connectivity index (χ4v) is 1.60. The fourth-order valence-electron chi connectivity index (χ4n) is 1.45. The van der Waals surface area contributed by atoms with E-state index in [-0.39, 0.29) is 11.2 Å². The minimum absolute atomic E-state index is 0.0818. The molecule has 0 saturated carbocycles. The molecule has 0 aliphatic rings. The first-order valence-electron chi connectivity index (χ1n) is 5.75. The topological polar surface area (TPSA) is 51.1 Å². The largest absolute Gasteiger partial charge is 0.454 e. The first-order valence-corrected chi connectivity index (χ1v) is 6.13. The van der Waals surface area contributed by atoms with Crippen LogP contribution in [-0.2, 0) is 0 Å². The minimum Gasteiger partial charge on any atom is -0.454 e. The lowest BCUT2D eigenvalue weighted by Crippen LogP contribution is -2.21. The molecule has 0 unspecified atom stereocenters. The zero-order valence-electron chi connectivity index (χ0n) is 10.8. The molecule has 112 valence electrons. The first-order chi connectivity index (χ1) is 9.85. The quantitative estimate of drug-likeness (QED) is 0.866. The Bertz CT molecular complexity index is 609. The van der Waals surface area contributed by atoms with Gasteiger partial charge in [0.1, 0.15) is 0 Å². The summed E-state index contributed by atoms with van der Waals surface area (Å²) in [6.07, 6.45) is -4.48. The summed E-state index contributed by atoms with van der Waals surface area (Å²) in [6.45, 7) is -1.50. The number of halogens is 4. The average Bonchev–Trinajstić information content (AvgIpc) is 2.44. The van der Waals surface area contributed by atoms with Crippen molar-refractivity contribution in [2.75, 3.05) is 18.6 Å². The van der Waals surface area contributed by atoms with Crippen LogP contribution in [0.5, 0.6) is 6.01 Å². The van der Waals surface area contributed by atoms with Crippen molar-refractivity contribution in [1.82, 2.24) is 15.0 Å². The number of rotatable bonds is 4. The molecule has 0 N–H and O–H groups in total. The van der Waals surface area contributed by atoms with Crippen molar-refractivity contribution in [2.24, 2.45) is 0 Å². The minimum atomic E-state index is -4.48. The van der Waals surface area contributed by atoms with Crippen LogP contribution in [0.3, 0.4) is 0 Å². The van der Waals surface area contributed by atoms with Gasteiger partial charge >= 0.3 is 12.2 Å². The molecule has 2 rings (SSSR count). The van der Waals surface area contributed by atoms with E-state index in [2.05, 4.69) is 19.7 Å². The van der Waals surface area contributed by atoms with Crippen molar-refractivity contribution in [3.63, 3.8) is 0 Å². The molecule has 0 saturated heterocycles. The highest BCUT2D eigenvalue weighted by Crippen LogP contribution is 2.23. The van der Waals surface area contributed by atoms with Crippen LogP contribution in [0.25, 0.3) is 0 Å². The second-order valence-electron chi connectivity index (χ2n) is 3.99. The van der Waals surface area contributed by atoms with E-state index in [9.17, 15) is 13.2 Å². The van der Waals surface area contributed by atoms with E-state index in [1.165, 1.54) is 0 Å². The first kappa shape index (κ1) is 15.3. The molecule has 5 nitrogen and oxygen atoms in total. The van der Waals surface area contributed by atoms with Gasteiger partial charge in [-0.1, -0.05) is 18.2 Å². The molecular weight excluding hydrogens is 309 g/mol. The maximum atomic E-state index is 12.1. The molecule has 0 radical (unpaired) electrons.